The van der Waals surface area contributed by atoms with Gasteiger partial charge in [0, 0.05) is 12.6 Å². The summed E-state index contributed by atoms with van der Waals surface area (Å²) in [4.78, 5) is 25.9. The number of nitriles is 1. The van der Waals surface area contributed by atoms with Crippen molar-refractivity contribution < 1.29 is 14.6 Å². The lowest BCUT2D eigenvalue weighted by atomic mass is 10.2. The highest BCUT2D eigenvalue weighted by Crippen LogP contribution is 2.29. The molecule has 0 bridgehead atoms. The number of ether oxygens (including phenoxy) is 2. The second kappa shape index (κ2) is 8.13. The van der Waals surface area contributed by atoms with Crippen molar-refractivity contribution in [3.63, 3.8) is 0 Å². The Balaban J connectivity index is 2.28. The molecule has 3 atom stereocenters. The van der Waals surface area contributed by atoms with Gasteiger partial charge in [-0.25, -0.2) is 4.79 Å². The molecule has 9 heteroatoms. The number of aromatic amines is 1. The third-order valence-electron chi connectivity index (χ3n) is 3.36. The van der Waals surface area contributed by atoms with Gasteiger partial charge in [-0.3, -0.25) is 14.3 Å². The zero-order valence-corrected chi connectivity index (χ0v) is 12.6. The number of nitrogens with two attached hydrogens (primary N) is 1. The molecule has 1 fully saturated rings. The first-order valence-electron chi connectivity index (χ1n) is 7.11. The molecule has 4 N–H and O–H groups in total. The van der Waals surface area contributed by atoms with Crippen LogP contribution in [0.5, 0.6) is 0 Å². The van der Waals surface area contributed by atoms with E-state index >= 15 is 0 Å². The molecule has 0 aromatic carbocycles. The Morgan fingerprint density at radius 3 is 3.04 bits per heavy atom. The Kier molecular flexibility index (Phi) is 5.93. The number of hydrogen-bond donors (Lipinski definition) is 3. The zero-order chi connectivity index (χ0) is 17.5. The minimum absolute atomic E-state index is 0.0756. The van der Waals surface area contributed by atoms with Gasteiger partial charge in [0.1, 0.15) is 24.0 Å². The molecule has 1 aliphatic heterocycles. The molecular weight excluding hydrogens is 316 g/mol. The van der Waals surface area contributed by atoms with E-state index in [-0.39, 0.29) is 25.1 Å². The minimum Gasteiger partial charge on any atom is -0.494 e. The van der Waals surface area contributed by atoms with Crippen molar-refractivity contribution in [1.29, 1.82) is 5.26 Å². The number of hydrogen-bond acceptors (Lipinski definition) is 7. The van der Waals surface area contributed by atoms with Gasteiger partial charge in [0.2, 0.25) is 0 Å². The van der Waals surface area contributed by atoms with Crippen LogP contribution in [0.25, 0.3) is 0 Å². The predicted octanol–water partition coefficient (Wildman–Crippen LogP) is -1.45. The molecule has 0 radical (unpaired) electrons. The Bertz CT molecular complexity index is 823. The van der Waals surface area contributed by atoms with Crippen LogP contribution < -0.4 is 17.0 Å². The van der Waals surface area contributed by atoms with Crippen LogP contribution in [0.2, 0.25) is 0 Å². The molecule has 24 heavy (non-hydrogen) atoms. The second-order valence-electron chi connectivity index (χ2n) is 4.87. The van der Waals surface area contributed by atoms with E-state index in [2.05, 4.69) is 16.8 Å². The maximum absolute atomic E-state index is 12.0. The lowest BCUT2D eigenvalue weighted by Crippen LogP contribution is -2.33. The van der Waals surface area contributed by atoms with E-state index in [1.54, 1.807) is 6.07 Å². The Labute approximate surface area is 136 Å². The number of aromatic nitrogens is 2. The van der Waals surface area contributed by atoms with Gasteiger partial charge in [-0.1, -0.05) is 11.8 Å². The smallest absolute Gasteiger partial charge is 0.330 e. The highest BCUT2D eigenvalue weighted by molar-refractivity contribution is 5.29. The third kappa shape index (κ3) is 3.91. The monoisotopic (exact) mass is 332 g/mol. The third-order valence-corrected chi connectivity index (χ3v) is 3.36. The van der Waals surface area contributed by atoms with Crippen LogP contribution in [-0.2, 0) is 9.47 Å². The van der Waals surface area contributed by atoms with Crippen molar-refractivity contribution in [3.05, 3.63) is 44.9 Å². The van der Waals surface area contributed by atoms with Crippen LogP contribution in [0.15, 0.2) is 28.1 Å². The van der Waals surface area contributed by atoms with Gasteiger partial charge in [-0.15, -0.1) is 0 Å². The quantitative estimate of drug-likeness (QED) is 0.347. The van der Waals surface area contributed by atoms with E-state index in [1.807, 2.05) is 0 Å². The van der Waals surface area contributed by atoms with Gasteiger partial charge in [0.05, 0.1) is 31.6 Å². The lowest BCUT2D eigenvalue weighted by Gasteiger charge is -2.15. The summed E-state index contributed by atoms with van der Waals surface area (Å²) in [7, 11) is 0. The number of aliphatic hydroxyl groups excluding tert-OH is 1. The minimum atomic E-state index is -0.745. The number of nitrogens with zero attached hydrogens (tertiary/aromatic N) is 2. The topological polar surface area (TPSA) is 143 Å². The Hall–Kier alpha value is -2.85. The molecule has 1 saturated heterocycles. The van der Waals surface area contributed by atoms with Crippen molar-refractivity contribution in [3.8, 4) is 17.9 Å². The number of rotatable bonds is 4. The van der Waals surface area contributed by atoms with Crippen molar-refractivity contribution in [2.75, 3.05) is 13.2 Å². The first kappa shape index (κ1) is 17.5. The standard InChI is InChI=1S/C15H16N4O5/c16-4-1-3-10-8-19(15(22)18-14(10)21)13-7-11(12(9-20)24-13)23-6-2-5-17/h2,6,8,11-13,20H,4,7,9,16H2,(H,18,21,22)/b6-2+/t11-,12+,13+/m0/s1. The van der Waals surface area contributed by atoms with Gasteiger partial charge >= 0.3 is 5.69 Å². The molecule has 1 aromatic heterocycles. The van der Waals surface area contributed by atoms with Crippen LogP contribution in [-0.4, -0.2) is 40.0 Å². The van der Waals surface area contributed by atoms with Gasteiger partial charge in [0.25, 0.3) is 5.56 Å². The SMILES string of the molecule is N#C/C=C/O[C@H]1C[C@H](n2cc(C#CCN)c(=O)[nH]c2=O)O[C@@H]1CO. The fourth-order valence-corrected chi connectivity index (χ4v) is 2.28. The van der Waals surface area contributed by atoms with E-state index < -0.39 is 29.7 Å². The first-order valence-corrected chi connectivity index (χ1v) is 7.11. The molecule has 0 unspecified atom stereocenters. The summed E-state index contributed by atoms with van der Waals surface area (Å²) in [5.41, 5.74) is 4.09. The summed E-state index contributed by atoms with van der Waals surface area (Å²) in [6.45, 7) is -0.244. The summed E-state index contributed by atoms with van der Waals surface area (Å²) in [6, 6.07) is 1.78. The highest BCUT2D eigenvalue weighted by Gasteiger charge is 2.37. The molecule has 2 heterocycles. The Morgan fingerprint density at radius 1 is 1.58 bits per heavy atom. The van der Waals surface area contributed by atoms with E-state index in [0.29, 0.717) is 0 Å². The van der Waals surface area contributed by atoms with Crippen LogP contribution in [0.4, 0.5) is 0 Å². The highest BCUT2D eigenvalue weighted by atomic mass is 16.6. The maximum Gasteiger partial charge on any atom is 0.330 e. The largest absolute Gasteiger partial charge is 0.494 e. The average molecular weight is 332 g/mol. The maximum atomic E-state index is 12.0. The van der Waals surface area contributed by atoms with E-state index in [0.717, 1.165) is 6.08 Å². The zero-order valence-electron chi connectivity index (χ0n) is 12.6. The number of aliphatic hydroxyl groups is 1. The van der Waals surface area contributed by atoms with E-state index in [1.165, 1.54) is 17.0 Å². The van der Waals surface area contributed by atoms with Crippen LogP contribution >= 0.6 is 0 Å². The van der Waals surface area contributed by atoms with Crippen LogP contribution in [0, 0.1) is 23.2 Å². The summed E-state index contributed by atoms with van der Waals surface area (Å²) in [6.07, 6.45) is 1.93. The summed E-state index contributed by atoms with van der Waals surface area (Å²) < 4.78 is 12.1. The fraction of sp³-hybridized carbons (Fsp3) is 0.400. The average Bonchev–Trinajstić information content (AvgIpc) is 2.97. The molecule has 0 saturated carbocycles. The summed E-state index contributed by atoms with van der Waals surface area (Å²) >= 11 is 0. The number of nitrogens with one attached hydrogen (secondary N) is 1. The predicted molar refractivity (Wildman–Crippen MR) is 82.5 cm³/mol. The lowest BCUT2D eigenvalue weighted by molar-refractivity contribution is -0.0480. The molecule has 0 amide bonds. The van der Waals surface area contributed by atoms with Crippen molar-refractivity contribution in [2.45, 2.75) is 24.9 Å². The first-order chi connectivity index (χ1) is 11.6. The summed E-state index contributed by atoms with van der Waals surface area (Å²) in [5, 5.41) is 17.8. The van der Waals surface area contributed by atoms with Crippen molar-refractivity contribution >= 4 is 0 Å². The Morgan fingerprint density at radius 2 is 2.38 bits per heavy atom. The number of allylic oxidation sites excluding steroid dienone is 1. The normalized spacial score (nSPS) is 22.8. The van der Waals surface area contributed by atoms with Crippen LogP contribution in [0.3, 0.4) is 0 Å². The van der Waals surface area contributed by atoms with Gasteiger partial charge in [-0.2, -0.15) is 5.26 Å². The molecule has 0 aliphatic carbocycles. The fourth-order valence-electron chi connectivity index (χ4n) is 2.28. The molecule has 126 valence electrons. The second-order valence-corrected chi connectivity index (χ2v) is 4.87. The molecule has 9 nitrogen and oxygen atoms in total. The summed E-state index contributed by atoms with van der Waals surface area (Å²) in [5.74, 6) is 5.12. The molecule has 1 aliphatic rings. The molecule has 1 aromatic rings. The molecule has 2 rings (SSSR count). The van der Waals surface area contributed by atoms with Crippen molar-refractivity contribution in [1.82, 2.24) is 9.55 Å². The van der Waals surface area contributed by atoms with Gasteiger partial charge in [0.15, 0.2) is 0 Å². The van der Waals surface area contributed by atoms with Gasteiger partial charge in [-0.05, 0) is 0 Å². The van der Waals surface area contributed by atoms with E-state index in [9.17, 15) is 14.7 Å². The van der Waals surface area contributed by atoms with Gasteiger partial charge < -0.3 is 20.3 Å². The molecular formula is C15H16N4O5. The van der Waals surface area contributed by atoms with Crippen molar-refractivity contribution in [2.24, 2.45) is 5.73 Å². The molecule has 0 spiro atoms. The van der Waals surface area contributed by atoms with Crippen LogP contribution in [0.1, 0.15) is 18.2 Å². The van der Waals surface area contributed by atoms with E-state index in [4.69, 9.17) is 20.5 Å². The number of H-pyrrole nitrogens is 1.